The summed E-state index contributed by atoms with van der Waals surface area (Å²) < 4.78 is 41.8. The van der Waals surface area contributed by atoms with Crippen molar-refractivity contribution in [3.63, 3.8) is 0 Å². The summed E-state index contributed by atoms with van der Waals surface area (Å²) in [5, 5.41) is 3.74. The van der Waals surface area contributed by atoms with Crippen LogP contribution in [0.2, 0.25) is 5.02 Å². The standard InChI is InChI=1S/C14H19ClF3NO/c1-2-8-19-10-13(20-9-7-14(16,17)18)11-3-5-12(15)6-4-11/h3-6,13,19H,2,7-10H2,1H3. The zero-order valence-corrected chi connectivity index (χ0v) is 12.1. The highest BCUT2D eigenvalue weighted by atomic mass is 35.5. The van der Waals surface area contributed by atoms with Crippen molar-refractivity contribution in [2.45, 2.75) is 32.0 Å². The molecule has 1 N–H and O–H groups in total. The average molecular weight is 310 g/mol. The van der Waals surface area contributed by atoms with Crippen LogP contribution in [0.3, 0.4) is 0 Å². The highest BCUT2D eigenvalue weighted by Crippen LogP contribution is 2.23. The molecule has 114 valence electrons. The van der Waals surface area contributed by atoms with Crippen molar-refractivity contribution in [3.8, 4) is 0 Å². The molecule has 1 aromatic carbocycles. The minimum Gasteiger partial charge on any atom is -0.372 e. The summed E-state index contributed by atoms with van der Waals surface area (Å²) >= 11 is 5.80. The van der Waals surface area contributed by atoms with Crippen LogP contribution >= 0.6 is 11.6 Å². The van der Waals surface area contributed by atoms with E-state index in [1.807, 2.05) is 6.92 Å². The van der Waals surface area contributed by atoms with Crippen LogP contribution in [0.5, 0.6) is 0 Å². The lowest BCUT2D eigenvalue weighted by Gasteiger charge is -2.19. The van der Waals surface area contributed by atoms with E-state index in [1.54, 1.807) is 24.3 Å². The summed E-state index contributed by atoms with van der Waals surface area (Å²) in [6.07, 6.45) is -4.58. The van der Waals surface area contributed by atoms with E-state index in [-0.39, 0.29) is 6.61 Å². The highest BCUT2D eigenvalue weighted by molar-refractivity contribution is 6.30. The van der Waals surface area contributed by atoms with Crippen molar-refractivity contribution in [3.05, 3.63) is 34.9 Å². The number of halogens is 4. The van der Waals surface area contributed by atoms with Crippen molar-refractivity contribution in [2.75, 3.05) is 19.7 Å². The van der Waals surface area contributed by atoms with Gasteiger partial charge in [0, 0.05) is 11.6 Å². The number of rotatable bonds is 8. The van der Waals surface area contributed by atoms with Crippen LogP contribution < -0.4 is 5.32 Å². The van der Waals surface area contributed by atoms with Gasteiger partial charge in [-0.3, -0.25) is 0 Å². The first-order chi connectivity index (χ1) is 9.42. The molecule has 0 heterocycles. The maximum Gasteiger partial charge on any atom is 0.391 e. The molecule has 0 spiro atoms. The van der Waals surface area contributed by atoms with Gasteiger partial charge in [0.05, 0.1) is 19.1 Å². The van der Waals surface area contributed by atoms with Gasteiger partial charge in [0.1, 0.15) is 0 Å². The molecule has 20 heavy (non-hydrogen) atoms. The van der Waals surface area contributed by atoms with Gasteiger partial charge in [-0.15, -0.1) is 0 Å². The Hall–Kier alpha value is -0.780. The quantitative estimate of drug-likeness (QED) is 0.721. The summed E-state index contributed by atoms with van der Waals surface area (Å²) in [5.74, 6) is 0. The van der Waals surface area contributed by atoms with Crippen molar-refractivity contribution >= 4 is 11.6 Å². The zero-order valence-electron chi connectivity index (χ0n) is 11.3. The SMILES string of the molecule is CCCNCC(OCCC(F)(F)F)c1ccc(Cl)cc1. The Labute approximate surface area is 122 Å². The fraction of sp³-hybridized carbons (Fsp3) is 0.571. The van der Waals surface area contributed by atoms with Gasteiger partial charge in [0.15, 0.2) is 0 Å². The molecule has 0 saturated heterocycles. The number of hydrogen-bond acceptors (Lipinski definition) is 2. The first-order valence-corrected chi connectivity index (χ1v) is 6.94. The Bertz CT molecular complexity index is 381. The second-order valence-electron chi connectivity index (χ2n) is 4.48. The molecule has 0 bridgehead atoms. The molecule has 1 atom stereocenters. The molecular weight excluding hydrogens is 291 g/mol. The Morgan fingerprint density at radius 3 is 2.45 bits per heavy atom. The minimum absolute atomic E-state index is 0.343. The summed E-state index contributed by atoms with van der Waals surface area (Å²) in [6, 6.07) is 6.95. The topological polar surface area (TPSA) is 21.3 Å². The predicted octanol–water partition coefficient (Wildman–Crippen LogP) is 4.35. The van der Waals surface area contributed by atoms with E-state index in [1.165, 1.54) is 0 Å². The highest BCUT2D eigenvalue weighted by Gasteiger charge is 2.27. The van der Waals surface area contributed by atoms with E-state index >= 15 is 0 Å². The zero-order chi connectivity index (χ0) is 15.0. The van der Waals surface area contributed by atoms with Gasteiger partial charge in [-0.25, -0.2) is 0 Å². The minimum atomic E-state index is -4.19. The second-order valence-corrected chi connectivity index (χ2v) is 4.92. The van der Waals surface area contributed by atoms with E-state index in [4.69, 9.17) is 16.3 Å². The fourth-order valence-electron chi connectivity index (χ4n) is 1.68. The molecule has 0 amide bonds. The Balaban J connectivity index is 2.57. The third-order valence-electron chi connectivity index (χ3n) is 2.70. The molecule has 1 rings (SSSR count). The molecule has 0 aromatic heterocycles. The molecular formula is C14H19ClF3NO. The van der Waals surface area contributed by atoms with Crippen LogP contribution in [-0.2, 0) is 4.74 Å². The van der Waals surface area contributed by atoms with Crippen molar-refractivity contribution in [1.82, 2.24) is 5.32 Å². The fourth-order valence-corrected chi connectivity index (χ4v) is 1.80. The Morgan fingerprint density at radius 2 is 1.90 bits per heavy atom. The third kappa shape index (κ3) is 7.12. The van der Waals surface area contributed by atoms with Crippen molar-refractivity contribution in [2.24, 2.45) is 0 Å². The lowest BCUT2D eigenvalue weighted by Crippen LogP contribution is -2.25. The summed E-state index contributed by atoms with van der Waals surface area (Å²) in [4.78, 5) is 0. The summed E-state index contributed by atoms with van der Waals surface area (Å²) in [7, 11) is 0. The van der Waals surface area contributed by atoms with E-state index in [0.717, 1.165) is 18.5 Å². The molecule has 1 aromatic rings. The van der Waals surface area contributed by atoms with E-state index < -0.39 is 18.7 Å². The van der Waals surface area contributed by atoms with Gasteiger partial charge in [-0.1, -0.05) is 30.7 Å². The molecule has 0 saturated carbocycles. The van der Waals surface area contributed by atoms with Gasteiger partial charge in [0.2, 0.25) is 0 Å². The Morgan fingerprint density at radius 1 is 1.25 bits per heavy atom. The Kier molecular flexibility index (Phi) is 7.34. The van der Waals surface area contributed by atoms with Gasteiger partial charge in [-0.2, -0.15) is 13.2 Å². The average Bonchev–Trinajstić information content (AvgIpc) is 2.37. The number of hydrogen-bond donors (Lipinski definition) is 1. The number of ether oxygens (including phenoxy) is 1. The number of nitrogens with one attached hydrogen (secondary N) is 1. The molecule has 0 aliphatic rings. The van der Waals surface area contributed by atoms with Crippen LogP contribution in [0.4, 0.5) is 13.2 Å². The maximum atomic E-state index is 12.2. The molecule has 1 unspecified atom stereocenters. The van der Waals surface area contributed by atoms with Crippen LogP contribution in [0, 0.1) is 0 Å². The van der Waals surface area contributed by atoms with Gasteiger partial charge >= 0.3 is 6.18 Å². The lowest BCUT2D eigenvalue weighted by molar-refractivity contribution is -0.149. The van der Waals surface area contributed by atoms with Crippen LogP contribution in [0.15, 0.2) is 24.3 Å². The van der Waals surface area contributed by atoms with Crippen molar-refractivity contribution in [1.29, 1.82) is 0 Å². The molecule has 2 nitrogen and oxygen atoms in total. The van der Waals surface area contributed by atoms with Gasteiger partial charge in [-0.05, 0) is 30.7 Å². The summed E-state index contributed by atoms with van der Waals surface area (Å²) in [6.45, 7) is 2.96. The molecule has 0 aliphatic carbocycles. The predicted molar refractivity (Wildman–Crippen MR) is 74.0 cm³/mol. The summed E-state index contributed by atoms with van der Waals surface area (Å²) in [5.41, 5.74) is 0.820. The molecule has 0 aliphatic heterocycles. The third-order valence-corrected chi connectivity index (χ3v) is 2.95. The normalized spacial score (nSPS) is 13.4. The molecule has 0 radical (unpaired) electrons. The van der Waals surface area contributed by atoms with Crippen LogP contribution in [0.25, 0.3) is 0 Å². The van der Waals surface area contributed by atoms with Crippen LogP contribution in [0.1, 0.15) is 31.4 Å². The number of benzene rings is 1. The first-order valence-electron chi connectivity index (χ1n) is 6.57. The molecule has 0 fully saturated rings. The largest absolute Gasteiger partial charge is 0.391 e. The van der Waals surface area contributed by atoms with Gasteiger partial charge < -0.3 is 10.1 Å². The smallest absolute Gasteiger partial charge is 0.372 e. The van der Waals surface area contributed by atoms with Crippen LogP contribution in [-0.4, -0.2) is 25.9 Å². The molecule has 6 heteroatoms. The number of alkyl halides is 3. The maximum absolute atomic E-state index is 12.2. The first kappa shape index (κ1) is 17.3. The van der Waals surface area contributed by atoms with E-state index in [2.05, 4.69) is 5.32 Å². The van der Waals surface area contributed by atoms with E-state index in [0.29, 0.717) is 11.6 Å². The van der Waals surface area contributed by atoms with E-state index in [9.17, 15) is 13.2 Å². The second kappa shape index (κ2) is 8.49. The monoisotopic (exact) mass is 309 g/mol. The van der Waals surface area contributed by atoms with Gasteiger partial charge in [0.25, 0.3) is 0 Å². The lowest BCUT2D eigenvalue weighted by atomic mass is 10.1. The van der Waals surface area contributed by atoms with Crippen molar-refractivity contribution < 1.29 is 17.9 Å².